The average molecular weight is 863 g/mol. The molecule has 9 heteroatoms. The first kappa shape index (κ1) is 44.7. The number of aromatic amines is 1. The fourth-order valence-corrected chi connectivity index (χ4v) is 16.8. The molecule has 7 aliphatic rings. The van der Waals surface area contributed by atoms with Crippen molar-refractivity contribution >= 4 is 17.8 Å². The Balaban J connectivity index is 0.931. The van der Waals surface area contributed by atoms with E-state index in [0.29, 0.717) is 48.5 Å². The smallest absolute Gasteiger partial charge is 0.309 e. The number of ether oxygens (including phenoxy) is 2. The Bertz CT molecular complexity index is 2090. The van der Waals surface area contributed by atoms with Crippen LogP contribution in [0.4, 0.5) is 0 Å². The number of nitrogens with zero attached hydrogens (tertiary/aromatic N) is 3. The lowest BCUT2D eigenvalue weighted by molar-refractivity contribution is -0.251. The molecule has 6 aliphatic carbocycles. The molecule has 0 aromatic carbocycles. The van der Waals surface area contributed by atoms with Gasteiger partial charge in [0.05, 0.1) is 41.8 Å². The highest BCUT2D eigenvalue weighted by molar-refractivity contribution is 5.85. The van der Waals surface area contributed by atoms with E-state index in [1.807, 2.05) is 44.6 Å². The van der Waals surface area contributed by atoms with E-state index in [4.69, 9.17) is 14.5 Å². The third kappa shape index (κ3) is 6.66. The molecule has 6 saturated carbocycles. The number of carbonyl (C=O) groups is 3. The molecule has 0 spiro atoms. The predicted molar refractivity (Wildman–Crippen MR) is 246 cm³/mol. The topological polar surface area (TPSA) is 114 Å². The molecule has 2 aromatic rings. The molecule has 7 fully saturated rings. The number of aromatic nitrogens is 3. The largest absolute Gasteiger partial charge is 0.465 e. The van der Waals surface area contributed by atoms with Gasteiger partial charge in [-0.2, -0.15) is 0 Å². The number of pyridine rings is 1. The van der Waals surface area contributed by atoms with Gasteiger partial charge in [0, 0.05) is 29.9 Å². The first-order chi connectivity index (χ1) is 29.8. The molecule has 3 heterocycles. The van der Waals surface area contributed by atoms with Crippen LogP contribution in [-0.4, -0.2) is 57.0 Å². The maximum absolute atomic E-state index is 15.6. The second-order valence-corrected chi connectivity index (χ2v) is 23.9. The maximum Gasteiger partial charge on any atom is 0.309 e. The van der Waals surface area contributed by atoms with Gasteiger partial charge in [0.1, 0.15) is 11.9 Å². The Kier molecular flexibility index (Phi) is 11.2. The van der Waals surface area contributed by atoms with Crippen LogP contribution in [0.2, 0.25) is 0 Å². The molecule has 13 atom stereocenters. The van der Waals surface area contributed by atoms with E-state index in [1.165, 1.54) is 18.4 Å². The van der Waals surface area contributed by atoms with Crippen LogP contribution in [0.1, 0.15) is 170 Å². The van der Waals surface area contributed by atoms with Gasteiger partial charge >= 0.3 is 11.9 Å². The van der Waals surface area contributed by atoms with Crippen LogP contribution in [0.15, 0.2) is 42.9 Å². The number of fused-ring (bicyclic) bond motifs is 7. The Morgan fingerprint density at radius 3 is 2.30 bits per heavy atom. The minimum atomic E-state index is -0.473. The minimum absolute atomic E-state index is 0.0298. The number of nitrogens with one attached hydrogen (secondary N) is 1. The zero-order valence-electron chi connectivity index (χ0n) is 40.2. The van der Waals surface area contributed by atoms with Crippen LogP contribution in [0.3, 0.4) is 0 Å². The van der Waals surface area contributed by atoms with Crippen LogP contribution in [0, 0.1) is 73.9 Å². The van der Waals surface area contributed by atoms with Crippen molar-refractivity contribution in [2.45, 2.75) is 171 Å². The van der Waals surface area contributed by atoms with Gasteiger partial charge in [0.25, 0.3) is 0 Å². The zero-order chi connectivity index (χ0) is 44.9. The SMILES string of the molecule is C=C(C)[C@@H]1CC[C@]2(C(=O)N3CCC[C@H]3c3ncc(-c4ccncc4)[nH]3)CC[C@]3(C)[C@H](CC[C@@H]4[C@@]5(C)CC[C@H](OC(=O)[C@H]6C[C@@H](C(=O)OCCCC)C6(C)C)C(C)(C)[C@@H]5CC[C@]43C)[C@@H]12. The van der Waals surface area contributed by atoms with Crippen molar-refractivity contribution in [1.82, 2.24) is 19.9 Å². The van der Waals surface area contributed by atoms with Gasteiger partial charge in [-0.15, -0.1) is 0 Å². The number of imidazole rings is 1. The van der Waals surface area contributed by atoms with Gasteiger partial charge in [-0.05, 0) is 160 Å². The number of likely N-dealkylation sites (tertiary alicyclic amines) is 1. The minimum Gasteiger partial charge on any atom is -0.465 e. The third-order valence-corrected chi connectivity index (χ3v) is 20.7. The number of rotatable bonds is 10. The molecular formula is C54H78N4O5. The molecular weight excluding hydrogens is 785 g/mol. The van der Waals surface area contributed by atoms with Crippen molar-refractivity contribution in [2.75, 3.05) is 13.2 Å². The quantitative estimate of drug-likeness (QED) is 0.144. The standard InChI is InChI=1S/C54H78N4O5/c1-11-12-30-62-46(59)37-31-38(49(37,4)5)47(60)63-43-19-22-51(8)41(50(43,6)7)18-23-53(10)42(51)16-15-36-44-35(33(2)3)17-24-54(44,26-25-52(36,53)9)48(61)58-29-13-14-40(58)45-56-32-39(57-45)34-20-27-55-28-21-34/h20-21,27-28,32,35-38,40-44H,2,11-19,22-26,29-31H2,1,3-10H3,(H,56,57)/t35-,36+,37-,38+,40-,41-,42+,43-,44+,51-,52+,53+,54-/m0/s1. The van der Waals surface area contributed by atoms with E-state index in [2.05, 4.69) is 69.9 Å². The lowest BCUT2D eigenvalue weighted by Gasteiger charge is -2.73. The van der Waals surface area contributed by atoms with E-state index >= 15 is 4.79 Å². The number of unbranched alkanes of at least 4 members (excludes halogenated alkanes) is 1. The monoisotopic (exact) mass is 863 g/mol. The normalized spacial score (nSPS) is 41.0. The summed E-state index contributed by atoms with van der Waals surface area (Å²) in [6.45, 7) is 27.0. The van der Waals surface area contributed by atoms with E-state index < -0.39 is 5.41 Å². The first-order valence-electron chi connectivity index (χ1n) is 25.1. The summed E-state index contributed by atoms with van der Waals surface area (Å²) in [6.07, 6.45) is 20.4. The average Bonchev–Trinajstić information content (AvgIpc) is 4.02. The number of hydrogen-bond donors (Lipinski definition) is 1. The van der Waals surface area contributed by atoms with Crippen molar-refractivity contribution in [3.63, 3.8) is 0 Å². The fraction of sp³-hybridized carbons (Fsp3) is 0.759. The second kappa shape index (κ2) is 15.8. The molecule has 9 rings (SSSR count). The van der Waals surface area contributed by atoms with E-state index in [1.54, 1.807) is 0 Å². The highest BCUT2D eigenvalue weighted by Gasteiger charge is 2.72. The van der Waals surface area contributed by atoms with Crippen molar-refractivity contribution in [3.05, 3.63) is 48.7 Å². The van der Waals surface area contributed by atoms with Crippen molar-refractivity contribution in [1.29, 1.82) is 0 Å². The molecule has 63 heavy (non-hydrogen) atoms. The van der Waals surface area contributed by atoms with Gasteiger partial charge in [-0.1, -0.05) is 74.0 Å². The zero-order valence-corrected chi connectivity index (χ0v) is 40.2. The summed E-state index contributed by atoms with van der Waals surface area (Å²) in [5.41, 5.74) is 2.66. The van der Waals surface area contributed by atoms with Crippen molar-refractivity contribution in [3.8, 4) is 11.3 Å². The third-order valence-electron chi connectivity index (χ3n) is 20.7. The molecule has 1 N–H and O–H groups in total. The van der Waals surface area contributed by atoms with Crippen LogP contribution >= 0.6 is 0 Å². The molecule has 1 aliphatic heterocycles. The Morgan fingerprint density at radius 2 is 1.59 bits per heavy atom. The molecule has 2 aromatic heterocycles. The van der Waals surface area contributed by atoms with Gasteiger partial charge in [-0.3, -0.25) is 19.4 Å². The van der Waals surface area contributed by atoms with Crippen LogP contribution in [0.5, 0.6) is 0 Å². The number of hydrogen-bond acceptors (Lipinski definition) is 7. The summed E-state index contributed by atoms with van der Waals surface area (Å²) >= 11 is 0. The number of amides is 1. The maximum atomic E-state index is 15.6. The highest BCUT2D eigenvalue weighted by atomic mass is 16.5. The predicted octanol–water partition coefficient (Wildman–Crippen LogP) is 11.7. The Labute approximate surface area is 378 Å². The summed E-state index contributed by atoms with van der Waals surface area (Å²) in [5, 5.41) is 0. The molecule has 0 radical (unpaired) electrons. The summed E-state index contributed by atoms with van der Waals surface area (Å²) in [6, 6.07) is 3.97. The molecule has 9 nitrogen and oxygen atoms in total. The van der Waals surface area contributed by atoms with Crippen LogP contribution in [-0.2, 0) is 23.9 Å². The van der Waals surface area contributed by atoms with Gasteiger partial charge in [0.15, 0.2) is 0 Å². The summed E-state index contributed by atoms with van der Waals surface area (Å²) in [5.74, 6) is 2.58. The lowest BCUT2D eigenvalue weighted by Crippen LogP contribution is -2.67. The highest BCUT2D eigenvalue weighted by Crippen LogP contribution is 2.78. The molecule has 1 amide bonds. The van der Waals surface area contributed by atoms with Gasteiger partial charge in [0.2, 0.25) is 5.91 Å². The number of esters is 2. The first-order valence-corrected chi connectivity index (χ1v) is 25.1. The van der Waals surface area contributed by atoms with Gasteiger partial charge in [-0.25, -0.2) is 4.98 Å². The van der Waals surface area contributed by atoms with Gasteiger partial charge < -0.3 is 19.4 Å². The molecule has 344 valence electrons. The molecule has 1 saturated heterocycles. The van der Waals surface area contributed by atoms with Crippen molar-refractivity contribution < 1.29 is 23.9 Å². The summed E-state index contributed by atoms with van der Waals surface area (Å²) in [7, 11) is 0. The van der Waals surface area contributed by atoms with Crippen LogP contribution in [0.25, 0.3) is 11.3 Å². The van der Waals surface area contributed by atoms with E-state index in [0.717, 1.165) is 101 Å². The molecule has 0 bridgehead atoms. The molecule has 0 unspecified atom stereocenters. The fourth-order valence-electron chi connectivity index (χ4n) is 16.8. The number of allylic oxidation sites excluding steroid dienone is 1. The summed E-state index contributed by atoms with van der Waals surface area (Å²) < 4.78 is 12.2. The summed E-state index contributed by atoms with van der Waals surface area (Å²) in [4.78, 5) is 57.4. The Morgan fingerprint density at radius 1 is 0.841 bits per heavy atom. The van der Waals surface area contributed by atoms with E-state index in [9.17, 15) is 9.59 Å². The van der Waals surface area contributed by atoms with Crippen LogP contribution < -0.4 is 0 Å². The second-order valence-electron chi connectivity index (χ2n) is 23.9. The number of carbonyl (C=O) groups excluding carboxylic acids is 3. The number of H-pyrrole nitrogens is 1. The lowest BCUT2D eigenvalue weighted by atomic mass is 9.32. The van der Waals surface area contributed by atoms with Crippen molar-refractivity contribution in [2.24, 2.45) is 73.9 Å². The Hall–Kier alpha value is -3.49. The van der Waals surface area contributed by atoms with E-state index in [-0.39, 0.29) is 63.0 Å².